The number of anilines is 2. The summed E-state index contributed by atoms with van der Waals surface area (Å²) >= 11 is 6.09. The lowest BCUT2D eigenvalue weighted by atomic mass is 10.2. The second-order valence-corrected chi connectivity index (χ2v) is 6.16. The van der Waals surface area contributed by atoms with Crippen LogP contribution in [0.3, 0.4) is 0 Å². The summed E-state index contributed by atoms with van der Waals surface area (Å²) in [6.07, 6.45) is 2.88. The maximum atomic E-state index is 12.3. The Balaban J connectivity index is 1.65. The minimum Gasteiger partial charge on any atom is -0.497 e. The highest BCUT2D eigenvalue weighted by Crippen LogP contribution is 2.30. The van der Waals surface area contributed by atoms with Gasteiger partial charge in [-0.25, -0.2) is 9.97 Å². The van der Waals surface area contributed by atoms with Crippen LogP contribution < -0.4 is 20.1 Å². The second-order valence-electron chi connectivity index (χ2n) is 5.75. The predicted molar refractivity (Wildman–Crippen MR) is 107 cm³/mol. The average Bonchev–Trinajstić information content (AvgIpc) is 2.73. The number of carbonyl (C=O) groups excluding carboxylic acids is 1. The molecule has 0 spiro atoms. The van der Waals surface area contributed by atoms with Crippen LogP contribution in [-0.4, -0.2) is 30.1 Å². The van der Waals surface area contributed by atoms with Gasteiger partial charge in [-0.15, -0.1) is 0 Å². The number of rotatable bonds is 7. The summed E-state index contributed by atoms with van der Waals surface area (Å²) in [5.74, 6) is 1.42. The molecule has 3 rings (SSSR count). The Morgan fingerprint density at radius 1 is 1.07 bits per heavy atom. The third kappa shape index (κ3) is 4.69. The summed E-state index contributed by atoms with van der Waals surface area (Å²) in [6, 6.07) is 12.7. The van der Waals surface area contributed by atoms with Crippen LogP contribution in [0.5, 0.6) is 11.5 Å². The molecule has 1 amide bonds. The van der Waals surface area contributed by atoms with Crippen molar-refractivity contribution in [2.24, 2.45) is 0 Å². The lowest BCUT2D eigenvalue weighted by molar-refractivity contribution is 0.0945. The van der Waals surface area contributed by atoms with E-state index in [1.54, 1.807) is 32.4 Å². The fourth-order valence-electron chi connectivity index (χ4n) is 2.46. The van der Waals surface area contributed by atoms with Crippen LogP contribution >= 0.6 is 11.6 Å². The van der Waals surface area contributed by atoms with Crippen molar-refractivity contribution in [3.63, 3.8) is 0 Å². The number of nitrogens with one attached hydrogen (secondary N) is 2. The molecule has 1 aromatic heterocycles. The topological polar surface area (TPSA) is 85.4 Å². The summed E-state index contributed by atoms with van der Waals surface area (Å²) < 4.78 is 10.5. The number of amides is 1. The van der Waals surface area contributed by atoms with Gasteiger partial charge in [0.2, 0.25) is 0 Å². The summed E-state index contributed by atoms with van der Waals surface area (Å²) in [4.78, 5) is 20.7. The first-order chi connectivity index (χ1) is 13.6. The van der Waals surface area contributed by atoms with Crippen LogP contribution in [0.4, 0.5) is 11.5 Å². The Morgan fingerprint density at radius 2 is 1.89 bits per heavy atom. The van der Waals surface area contributed by atoms with E-state index in [0.29, 0.717) is 34.6 Å². The molecule has 0 aliphatic rings. The average molecular weight is 399 g/mol. The fraction of sp³-hybridized carbons (Fsp3) is 0.150. The van der Waals surface area contributed by atoms with Crippen molar-refractivity contribution in [1.29, 1.82) is 0 Å². The van der Waals surface area contributed by atoms with Crippen molar-refractivity contribution in [2.45, 2.75) is 6.54 Å². The zero-order chi connectivity index (χ0) is 19.9. The quantitative estimate of drug-likeness (QED) is 0.629. The van der Waals surface area contributed by atoms with Gasteiger partial charge in [0.1, 0.15) is 23.0 Å². The molecule has 0 saturated carbocycles. The van der Waals surface area contributed by atoms with Gasteiger partial charge in [0.25, 0.3) is 5.91 Å². The molecule has 0 aliphatic heterocycles. The molecule has 2 N–H and O–H groups in total. The summed E-state index contributed by atoms with van der Waals surface area (Å²) in [5, 5.41) is 6.48. The van der Waals surface area contributed by atoms with Gasteiger partial charge in [-0.3, -0.25) is 4.79 Å². The minimum absolute atomic E-state index is 0.208. The molecule has 0 aliphatic carbocycles. The molecular formula is C20H19ClN4O3. The lowest BCUT2D eigenvalue weighted by Gasteiger charge is -2.12. The van der Waals surface area contributed by atoms with Gasteiger partial charge in [0, 0.05) is 17.6 Å². The number of aromatic nitrogens is 2. The maximum Gasteiger partial charge on any atom is 0.271 e. The maximum absolute atomic E-state index is 12.3. The van der Waals surface area contributed by atoms with E-state index in [-0.39, 0.29) is 11.6 Å². The number of carbonyl (C=O) groups is 1. The second kappa shape index (κ2) is 9.05. The molecule has 3 aromatic rings. The Hall–Kier alpha value is -3.32. The molecule has 8 heteroatoms. The SMILES string of the molecule is COc1ccc(Nc2cnc(C(=O)NCc3ccccc3Cl)cn2)c(OC)c1. The number of halogens is 1. The Morgan fingerprint density at radius 3 is 2.57 bits per heavy atom. The van der Waals surface area contributed by atoms with Crippen molar-refractivity contribution in [3.8, 4) is 11.5 Å². The summed E-state index contributed by atoms with van der Waals surface area (Å²) in [5.41, 5.74) is 1.74. The van der Waals surface area contributed by atoms with Crippen molar-refractivity contribution in [1.82, 2.24) is 15.3 Å². The van der Waals surface area contributed by atoms with Crippen LogP contribution in [-0.2, 0) is 6.54 Å². The van der Waals surface area contributed by atoms with E-state index in [9.17, 15) is 4.79 Å². The molecule has 1 heterocycles. The van der Waals surface area contributed by atoms with Crippen molar-refractivity contribution in [3.05, 3.63) is 71.1 Å². The number of benzene rings is 2. The van der Waals surface area contributed by atoms with E-state index in [1.165, 1.54) is 12.4 Å². The van der Waals surface area contributed by atoms with E-state index in [2.05, 4.69) is 20.6 Å². The molecule has 0 radical (unpaired) electrons. The molecule has 2 aromatic carbocycles. The molecule has 0 atom stereocenters. The van der Waals surface area contributed by atoms with Gasteiger partial charge in [0.15, 0.2) is 0 Å². The first-order valence-electron chi connectivity index (χ1n) is 8.43. The van der Waals surface area contributed by atoms with E-state index in [0.717, 1.165) is 5.56 Å². The lowest BCUT2D eigenvalue weighted by Crippen LogP contribution is -2.24. The van der Waals surface area contributed by atoms with E-state index >= 15 is 0 Å². The van der Waals surface area contributed by atoms with Crippen LogP contribution in [0.25, 0.3) is 0 Å². The standard InChI is InChI=1S/C20H19ClN4O3/c1-27-14-7-8-16(18(9-14)28-2)25-19-12-22-17(11-23-19)20(26)24-10-13-5-3-4-6-15(13)21/h3-9,11-12H,10H2,1-2H3,(H,23,25)(H,24,26). The van der Waals surface area contributed by atoms with Gasteiger partial charge in [0.05, 0.1) is 32.3 Å². The van der Waals surface area contributed by atoms with Gasteiger partial charge < -0.3 is 20.1 Å². The van der Waals surface area contributed by atoms with Gasteiger partial charge in [-0.1, -0.05) is 29.8 Å². The van der Waals surface area contributed by atoms with Crippen molar-refractivity contribution < 1.29 is 14.3 Å². The Bertz CT molecular complexity index is 964. The highest BCUT2D eigenvalue weighted by Gasteiger charge is 2.10. The number of methoxy groups -OCH3 is 2. The number of hydrogen-bond donors (Lipinski definition) is 2. The fourth-order valence-corrected chi connectivity index (χ4v) is 2.66. The first kappa shape index (κ1) is 19.4. The van der Waals surface area contributed by atoms with Crippen molar-refractivity contribution >= 4 is 29.0 Å². The van der Waals surface area contributed by atoms with Gasteiger partial charge >= 0.3 is 0 Å². The first-order valence-corrected chi connectivity index (χ1v) is 8.81. The van der Waals surface area contributed by atoms with E-state index in [1.807, 2.05) is 24.3 Å². The van der Waals surface area contributed by atoms with Gasteiger partial charge in [-0.05, 0) is 23.8 Å². The van der Waals surface area contributed by atoms with Gasteiger partial charge in [-0.2, -0.15) is 0 Å². The third-order valence-corrected chi connectivity index (χ3v) is 4.32. The summed E-state index contributed by atoms with van der Waals surface area (Å²) in [6.45, 7) is 0.309. The molecule has 0 unspecified atom stereocenters. The van der Waals surface area contributed by atoms with E-state index < -0.39 is 0 Å². The number of hydrogen-bond acceptors (Lipinski definition) is 6. The third-order valence-electron chi connectivity index (χ3n) is 3.95. The number of ether oxygens (including phenoxy) is 2. The zero-order valence-corrected chi connectivity index (χ0v) is 16.2. The van der Waals surface area contributed by atoms with Crippen molar-refractivity contribution in [2.75, 3.05) is 19.5 Å². The molecule has 7 nitrogen and oxygen atoms in total. The molecule has 0 bridgehead atoms. The van der Waals surface area contributed by atoms with Crippen LogP contribution in [0.2, 0.25) is 5.02 Å². The molecule has 0 saturated heterocycles. The smallest absolute Gasteiger partial charge is 0.271 e. The zero-order valence-electron chi connectivity index (χ0n) is 15.4. The summed E-state index contributed by atoms with van der Waals surface area (Å²) in [7, 11) is 3.15. The highest BCUT2D eigenvalue weighted by atomic mass is 35.5. The largest absolute Gasteiger partial charge is 0.497 e. The Labute approximate surface area is 167 Å². The molecule has 144 valence electrons. The minimum atomic E-state index is -0.332. The predicted octanol–water partition coefficient (Wildman–Crippen LogP) is 3.82. The van der Waals surface area contributed by atoms with E-state index in [4.69, 9.17) is 21.1 Å². The number of nitrogens with zero attached hydrogens (tertiary/aromatic N) is 2. The van der Waals surface area contributed by atoms with Crippen LogP contribution in [0.1, 0.15) is 16.1 Å². The highest BCUT2D eigenvalue weighted by molar-refractivity contribution is 6.31. The molecular weight excluding hydrogens is 380 g/mol. The monoisotopic (exact) mass is 398 g/mol. The van der Waals surface area contributed by atoms with Crippen LogP contribution in [0.15, 0.2) is 54.9 Å². The normalized spacial score (nSPS) is 10.2. The van der Waals surface area contributed by atoms with Crippen LogP contribution in [0, 0.1) is 0 Å². The Kier molecular flexibility index (Phi) is 6.29. The molecule has 0 fully saturated rings. The molecule has 28 heavy (non-hydrogen) atoms.